The molecule has 2 N–H and O–H groups in total. The monoisotopic (exact) mass is 503 g/mol. The molecule has 0 bridgehead atoms. The SMILES string of the molecule is COc1cc2nccc(Oc3ccc(NC(=O)C(=O)NCCc4ccc(C)cc4)cc3F)c2cc1OC. The van der Waals surface area contributed by atoms with Crippen LogP contribution in [0.5, 0.6) is 23.0 Å². The van der Waals surface area contributed by atoms with Gasteiger partial charge in [-0.25, -0.2) is 4.39 Å². The Morgan fingerprint density at radius 2 is 1.59 bits per heavy atom. The van der Waals surface area contributed by atoms with E-state index in [-0.39, 0.29) is 11.4 Å². The van der Waals surface area contributed by atoms with Gasteiger partial charge in [0.2, 0.25) is 0 Å². The number of carbonyl (C=O) groups is 2. The van der Waals surface area contributed by atoms with Crippen LogP contribution in [-0.2, 0) is 16.0 Å². The summed E-state index contributed by atoms with van der Waals surface area (Å²) in [6, 6.07) is 16.8. The molecule has 0 unspecified atom stereocenters. The summed E-state index contributed by atoms with van der Waals surface area (Å²) in [6.45, 7) is 2.29. The van der Waals surface area contributed by atoms with Crippen LogP contribution >= 0.6 is 0 Å². The minimum absolute atomic E-state index is 0.0668. The first-order valence-corrected chi connectivity index (χ1v) is 11.5. The molecular formula is C28H26FN3O5. The van der Waals surface area contributed by atoms with E-state index in [1.54, 1.807) is 18.2 Å². The van der Waals surface area contributed by atoms with Crippen molar-refractivity contribution in [3.05, 3.63) is 83.8 Å². The molecule has 0 radical (unpaired) electrons. The van der Waals surface area contributed by atoms with Gasteiger partial charge >= 0.3 is 11.8 Å². The molecule has 4 aromatic rings. The van der Waals surface area contributed by atoms with Gasteiger partial charge < -0.3 is 24.8 Å². The summed E-state index contributed by atoms with van der Waals surface area (Å²) in [6.07, 6.45) is 2.12. The summed E-state index contributed by atoms with van der Waals surface area (Å²) >= 11 is 0. The largest absolute Gasteiger partial charge is 0.493 e. The molecule has 0 saturated carbocycles. The molecule has 4 rings (SSSR count). The van der Waals surface area contributed by atoms with Crippen LogP contribution in [-0.4, -0.2) is 37.6 Å². The molecule has 0 aliphatic heterocycles. The van der Waals surface area contributed by atoms with Gasteiger partial charge in [0.25, 0.3) is 0 Å². The number of aryl methyl sites for hydroxylation is 1. The fourth-order valence-electron chi connectivity index (χ4n) is 3.66. The third kappa shape index (κ3) is 6.13. The second kappa shape index (κ2) is 11.4. The Hall–Kier alpha value is -4.66. The predicted molar refractivity (Wildman–Crippen MR) is 138 cm³/mol. The van der Waals surface area contributed by atoms with Crippen LogP contribution in [0.3, 0.4) is 0 Å². The van der Waals surface area contributed by atoms with Gasteiger partial charge in [-0.15, -0.1) is 0 Å². The van der Waals surface area contributed by atoms with Crippen molar-refractivity contribution in [2.24, 2.45) is 0 Å². The van der Waals surface area contributed by atoms with Crippen molar-refractivity contribution < 1.29 is 28.2 Å². The van der Waals surface area contributed by atoms with E-state index in [4.69, 9.17) is 14.2 Å². The lowest BCUT2D eigenvalue weighted by Gasteiger charge is -2.13. The first kappa shape index (κ1) is 25.4. The Morgan fingerprint density at radius 1 is 0.865 bits per heavy atom. The zero-order valence-corrected chi connectivity index (χ0v) is 20.6. The number of hydrogen-bond donors (Lipinski definition) is 2. The van der Waals surface area contributed by atoms with E-state index in [0.29, 0.717) is 41.1 Å². The minimum atomic E-state index is -0.891. The Bertz CT molecular complexity index is 1440. The van der Waals surface area contributed by atoms with Crippen LogP contribution < -0.4 is 24.8 Å². The highest BCUT2D eigenvalue weighted by Gasteiger charge is 2.16. The molecule has 0 atom stereocenters. The standard InChI is InChI=1S/C28H26FN3O5/c1-17-4-6-18(7-5-17)10-12-31-27(33)28(34)32-19-8-9-24(21(29)14-19)37-23-11-13-30-22-16-26(36-3)25(35-2)15-20(22)23/h4-9,11,13-16H,10,12H2,1-3H3,(H,31,33)(H,32,34). The van der Waals surface area contributed by atoms with Crippen LogP contribution in [0.4, 0.5) is 10.1 Å². The highest BCUT2D eigenvalue weighted by atomic mass is 19.1. The van der Waals surface area contributed by atoms with E-state index in [0.717, 1.165) is 17.2 Å². The third-order valence-corrected chi connectivity index (χ3v) is 5.64. The van der Waals surface area contributed by atoms with Gasteiger partial charge in [0, 0.05) is 35.9 Å². The number of carbonyl (C=O) groups excluding carboxylic acids is 2. The van der Waals surface area contributed by atoms with Crippen LogP contribution in [0, 0.1) is 12.7 Å². The lowest BCUT2D eigenvalue weighted by molar-refractivity contribution is -0.136. The van der Waals surface area contributed by atoms with Crippen molar-refractivity contribution in [3.8, 4) is 23.0 Å². The third-order valence-electron chi connectivity index (χ3n) is 5.64. The average molecular weight is 504 g/mol. The quantitative estimate of drug-likeness (QED) is 0.336. The van der Waals surface area contributed by atoms with Gasteiger partial charge in [-0.2, -0.15) is 0 Å². The summed E-state index contributed by atoms with van der Waals surface area (Å²) in [5.41, 5.74) is 2.89. The smallest absolute Gasteiger partial charge is 0.313 e. The van der Waals surface area contributed by atoms with Crippen molar-refractivity contribution in [3.63, 3.8) is 0 Å². The lowest BCUT2D eigenvalue weighted by atomic mass is 10.1. The second-order valence-electron chi connectivity index (χ2n) is 8.23. The first-order valence-electron chi connectivity index (χ1n) is 11.5. The number of nitrogens with one attached hydrogen (secondary N) is 2. The lowest BCUT2D eigenvalue weighted by Crippen LogP contribution is -2.36. The molecule has 0 saturated heterocycles. The number of halogens is 1. The molecule has 1 aromatic heterocycles. The second-order valence-corrected chi connectivity index (χ2v) is 8.23. The van der Waals surface area contributed by atoms with Gasteiger partial charge in [-0.3, -0.25) is 14.6 Å². The van der Waals surface area contributed by atoms with Crippen molar-refractivity contribution >= 4 is 28.4 Å². The first-order chi connectivity index (χ1) is 17.9. The summed E-state index contributed by atoms with van der Waals surface area (Å²) in [5, 5.41) is 5.56. The Balaban J connectivity index is 1.40. The molecule has 190 valence electrons. The number of amides is 2. The van der Waals surface area contributed by atoms with Crippen LogP contribution in [0.1, 0.15) is 11.1 Å². The van der Waals surface area contributed by atoms with E-state index < -0.39 is 17.6 Å². The maximum Gasteiger partial charge on any atom is 0.313 e. The van der Waals surface area contributed by atoms with E-state index >= 15 is 0 Å². The number of nitrogens with zero attached hydrogens (tertiary/aromatic N) is 1. The van der Waals surface area contributed by atoms with Crippen LogP contribution in [0.25, 0.3) is 10.9 Å². The van der Waals surface area contributed by atoms with E-state index in [1.807, 2.05) is 31.2 Å². The Labute approximate surface area is 213 Å². The minimum Gasteiger partial charge on any atom is -0.493 e. The summed E-state index contributed by atoms with van der Waals surface area (Å²) in [4.78, 5) is 28.7. The Kier molecular flexibility index (Phi) is 7.83. The van der Waals surface area contributed by atoms with Crippen molar-refractivity contribution in [2.75, 3.05) is 26.1 Å². The zero-order valence-electron chi connectivity index (χ0n) is 20.6. The molecule has 0 aliphatic rings. The zero-order chi connectivity index (χ0) is 26.4. The number of fused-ring (bicyclic) bond motifs is 1. The van der Waals surface area contributed by atoms with Gasteiger partial charge in [0.1, 0.15) is 5.75 Å². The molecular weight excluding hydrogens is 477 g/mol. The summed E-state index contributed by atoms with van der Waals surface area (Å²) < 4.78 is 31.3. The van der Waals surface area contributed by atoms with Gasteiger partial charge in [0.05, 0.1) is 19.7 Å². The van der Waals surface area contributed by atoms with Gasteiger partial charge in [-0.05, 0) is 43.2 Å². The highest BCUT2D eigenvalue weighted by Crippen LogP contribution is 2.37. The maximum atomic E-state index is 14.8. The number of methoxy groups -OCH3 is 2. The molecule has 37 heavy (non-hydrogen) atoms. The van der Waals surface area contributed by atoms with E-state index in [9.17, 15) is 14.0 Å². The van der Waals surface area contributed by atoms with Gasteiger partial charge in [-0.1, -0.05) is 29.8 Å². The molecule has 2 amide bonds. The molecule has 0 aliphatic carbocycles. The van der Waals surface area contributed by atoms with E-state index in [2.05, 4.69) is 15.6 Å². The van der Waals surface area contributed by atoms with Crippen molar-refractivity contribution in [2.45, 2.75) is 13.3 Å². The summed E-state index contributed by atoms with van der Waals surface area (Å²) in [7, 11) is 3.03. The van der Waals surface area contributed by atoms with Crippen molar-refractivity contribution in [1.82, 2.24) is 10.3 Å². The molecule has 0 spiro atoms. The summed E-state index contributed by atoms with van der Waals surface area (Å²) in [5.74, 6) is -1.15. The average Bonchev–Trinajstić information content (AvgIpc) is 2.90. The molecule has 0 fully saturated rings. The van der Waals surface area contributed by atoms with Crippen LogP contribution in [0.15, 0.2) is 66.9 Å². The number of hydrogen-bond acceptors (Lipinski definition) is 6. The fourth-order valence-corrected chi connectivity index (χ4v) is 3.66. The topological polar surface area (TPSA) is 98.8 Å². The number of benzene rings is 3. The van der Waals surface area contributed by atoms with Crippen molar-refractivity contribution in [1.29, 1.82) is 0 Å². The number of aromatic nitrogens is 1. The van der Waals surface area contributed by atoms with Crippen LogP contribution in [0.2, 0.25) is 0 Å². The Morgan fingerprint density at radius 3 is 2.30 bits per heavy atom. The number of ether oxygens (including phenoxy) is 3. The molecule has 3 aromatic carbocycles. The van der Waals surface area contributed by atoms with Gasteiger partial charge in [0.15, 0.2) is 23.1 Å². The molecule has 1 heterocycles. The molecule has 8 nitrogen and oxygen atoms in total. The maximum absolute atomic E-state index is 14.8. The molecule has 9 heteroatoms. The number of pyridine rings is 1. The normalized spacial score (nSPS) is 10.6. The number of rotatable bonds is 8. The highest BCUT2D eigenvalue weighted by molar-refractivity contribution is 6.39. The predicted octanol–water partition coefficient (Wildman–Crippen LogP) is 4.79. The number of anilines is 1. The fraction of sp³-hybridized carbons (Fsp3) is 0.179. The van der Waals surface area contributed by atoms with E-state index in [1.165, 1.54) is 32.5 Å².